The first kappa shape index (κ1) is 17.8. The maximum Gasteiger partial charge on any atom is 0.155 e. The third kappa shape index (κ3) is 3.69. The molecule has 5 N–H and O–H groups in total. The first-order valence-electron chi connectivity index (χ1n) is 10.1. The van der Waals surface area contributed by atoms with Crippen LogP contribution in [0.3, 0.4) is 0 Å². The number of hydrogen-bond donors (Lipinski definition) is 4. The van der Waals surface area contributed by atoms with Gasteiger partial charge in [-0.15, -0.1) is 0 Å². The van der Waals surface area contributed by atoms with Gasteiger partial charge in [0.25, 0.3) is 0 Å². The number of aromatic nitrogens is 4. The topological polar surface area (TPSA) is 96.6 Å². The summed E-state index contributed by atoms with van der Waals surface area (Å²) in [7, 11) is 0. The molecule has 148 valence electrons. The second-order valence-electron chi connectivity index (χ2n) is 7.62. The maximum absolute atomic E-state index is 6.34. The summed E-state index contributed by atoms with van der Waals surface area (Å²) in [5.74, 6) is 1.54. The van der Waals surface area contributed by atoms with Crippen LogP contribution in [0.1, 0.15) is 25.7 Å². The van der Waals surface area contributed by atoms with Crippen molar-refractivity contribution in [1.82, 2.24) is 19.7 Å². The van der Waals surface area contributed by atoms with E-state index < -0.39 is 0 Å². The third-order valence-corrected chi connectivity index (χ3v) is 5.58. The van der Waals surface area contributed by atoms with Crippen LogP contribution in [0.4, 0.5) is 17.2 Å². The lowest BCUT2D eigenvalue weighted by Gasteiger charge is -2.30. The zero-order valence-corrected chi connectivity index (χ0v) is 16.2. The van der Waals surface area contributed by atoms with Gasteiger partial charge in [0.1, 0.15) is 5.82 Å². The van der Waals surface area contributed by atoms with Gasteiger partial charge in [0, 0.05) is 47.3 Å². The Labute approximate surface area is 169 Å². The number of H-pyrrole nitrogens is 1. The van der Waals surface area contributed by atoms with Gasteiger partial charge in [0.15, 0.2) is 5.82 Å². The van der Waals surface area contributed by atoms with E-state index in [0.29, 0.717) is 6.04 Å². The molecular weight excluding hydrogens is 362 g/mol. The van der Waals surface area contributed by atoms with Crippen molar-refractivity contribution in [3.63, 3.8) is 0 Å². The summed E-state index contributed by atoms with van der Waals surface area (Å²) >= 11 is 0. The number of pyridine rings is 1. The van der Waals surface area contributed by atoms with Gasteiger partial charge >= 0.3 is 0 Å². The molecule has 29 heavy (non-hydrogen) atoms. The highest BCUT2D eigenvalue weighted by molar-refractivity contribution is 5.96. The molecule has 1 saturated carbocycles. The highest BCUT2D eigenvalue weighted by atomic mass is 15.3. The second kappa shape index (κ2) is 7.60. The van der Waals surface area contributed by atoms with Crippen molar-refractivity contribution < 1.29 is 0 Å². The molecule has 0 spiro atoms. The normalized spacial score (nSPS) is 19.3. The van der Waals surface area contributed by atoms with Crippen LogP contribution in [0.15, 0.2) is 61.1 Å². The van der Waals surface area contributed by atoms with E-state index in [1.807, 2.05) is 36.7 Å². The number of fused-ring (bicyclic) bond motifs is 1. The number of anilines is 3. The quantitative estimate of drug-likeness (QED) is 0.412. The van der Waals surface area contributed by atoms with Crippen molar-refractivity contribution in [3.8, 4) is 5.82 Å². The summed E-state index contributed by atoms with van der Waals surface area (Å²) in [6.07, 6.45) is 10.2. The minimum Gasteiger partial charge on any atom is -0.381 e. The molecule has 7 nitrogen and oxygen atoms in total. The molecule has 0 bridgehead atoms. The Morgan fingerprint density at radius 1 is 1.10 bits per heavy atom. The van der Waals surface area contributed by atoms with Crippen molar-refractivity contribution in [2.75, 3.05) is 10.6 Å². The van der Waals surface area contributed by atoms with E-state index in [4.69, 9.17) is 10.7 Å². The Hall–Kier alpha value is -3.32. The largest absolute Gasteiger partial charge is 0.381 e. The van der Waals surface area contributed by atoms with E-state index >= 15 is 0 Å². The highest BCUT2D eigenvalue weighted by Gasteiger charge is 2.22. The number of nitrogens with one attached hydrogen (secondary N) is 3. The predicted octanol–water partition coefficient (Wildman–Crippen LogP) is 4.17. The SMILES string of the molecule is N[C@H]1CCCC[C@H]1Nc1cc(Nc2cccc(-n3cccn3)n2)c2cc[nH]c2c1. The van der Waals surface area contributed by atoms with Crippen molar-refractivity contribution in [3.05, 3.63) is 61.1 Å². The molecule has 1 aliphatic rings. The van der Waals surface area contributed by atoms with Crippen LogP contribution >= 0.6 is 0 Å². The summed E-state index contributed by atoms with van der Waals surface area (Å²) in [5.41, 5.74) is 9.48. The van der Waals surface area contributed by atoms with E-state index in [0.717, 1.165) is 46.8 Å². The van der Waals surface area contributed by atoms with E-state index in [-0.39, 0.29) is 6.04 Å². The Balaban J connectivity index is 1.45. The van der Waals surface area contributed by atoms with Crippen LogP contribution in [0.25, 0.3) is 16.7 Å². The summed E-state index contributed by atoms with van der Waals surface area (Å²) in [6, 6.07) is 14.6. The Morgan fingerprint density at radius 3 is 2.90 bits per heavy atom. The molecule has 4 aromatic rings. The monoisotopic (exact) mass is 387 g/mol. The highest BCUT2D eigenvalue weighted by Crippen LogP contribution is 2.31. The van der Waals surface area contributed by atoms with Crippen LogP contribution in [0.2, 0.25) is 0 Å². The van der Waals surface area contributed by atoms with Crippen molar-refractivity contribution >= 4 is 28.1 Å². The van der Waals surface area contributed by atoms with Crippen molar-refractivity contribution in [1.29, 1.82) is 0 Å². The lowest BCUT2D eigenvalue weighted by molar-refractivity contribution is 0.404. The summed E-state index contributed by atoms with van der Waals surface area (Å²) in [4.78, 5) is 8.02. The zero-order valence-electron chi connectivity index (χ0n) is 16.2. The molecule has 1 fully saturated rings. The lowest BCUT2D eigenvalue weighted by Crippen LogP contribution is -2.42. The second-order valence-corrected chi connectivity index (χ2v) is 7.62. The van der Waals surface area contributed by atoms with Crippen LogP contribution in [0.5, 0.6) is 0 Å². The van der Waals surface area contributed by atoms with Gasteiger partial charge in [0.2, 0.25) is 0 Å². The predicted molar refractivity (Wildman–Crippen MR) is 117 cm³/mol. The molecule has 1 aromatic carbocycles. The number of benzene rings is 1. The molecule has 3 aromatic heterocycles. The van der Waals surface area contributed by atoms with Crippen molar-refractivity contribution in [2.24, 2.45) is 5.73 Å². The van der Waals surface area contributed by atoms with E-state index in [9.17, 15) is 0 Å². The van der Waals surface area contributed by atoms with Crippen LogP contribution in [-0.4, -0.2) is 31.8 Å². The molecule has 0 unspecified atom stereocenters. The summed E-state index contributed by atoms with van der Waals surface area (Å²) in [6.45, 7) is 0. The maximum atomic E-state index is 6.34. The molecule has 1 aliphatic carbocycles. The number of nitrogens with zero attached hydrogens (tertiary/aromatic N) is 3. The molecule has 0 radical (unpaired) electrons. The summed E-state index contributed by atoms with van der Waals surface area (Å²) in [5, 5.41) is 12.5. The molecule has 0 saturated heterocycles. The van der Waals surface area contributed by atoms with E-state index in [2.05, 4.69) is 38.9 Å². The van der Waals surface area contributed by atoms with Gasteiger partial charge in [-0.25, -0.2) is 9.67 Å². The average molecular weight is 387 g/mol. The molecule has 7 heteroatoms. The number of nitrogens with two attached hydrogens (primary N) is 1. The number of aromatic amines is 1. The molecule has 0 aliphatic heterocycles. The molecule has 2 atom stereocenters. The molecule has 5 rings (SSSR count). The lowest BCUT2D eigenvalue weighted by atomic mass is 9.91. The minimum absolute atomic E-state index is 0.201. The third-order valence-electron chi connectivity index (χ3n) is 5.58. The van der Waals surface area contributed by atoms with Crippen LogP contribution < -0.4 is 16.4 Å². The number of hydrogen-bond acceptors (Lipinski definition) is 5. The molecule has 3 heterocycles. The molecule has 0 amide bonds. The first-order valence-corrected chi connectivity index (χ1v) is 10.1. The van der Waals surface area contributed by atoms with Gasteiger partial charge < -0.3 is 21.4 Å². The molecular formula is C22H25N7. The van der Waals surface area contributed by atoms with Crippen LogP contribution in [-0.2, 0) is 0 Å². The van der Waals surface area contributed by atoms with Gasteiger partial charge in [-0.2, -0.15) is 5.10 Å². The van der Waals surface area contributed by atoms with Crippen molar-refractivity contribution in [2.45, 2.75) is 37.8 Å². The van der Waals surface area contributed by atoms with Crippen LogP contribution in [0, 0.1) is 0 Å². The Morgan fingerprint density at radius 2 is 2.03 bits per heavy atom. The van der Waals surface area contributed by atoms with Gasteiger partial charge in [-0.05, 0) is 49.2 Å². The first-order chi connectivity index (χ1) is 14.3. The van der Waals surface area contributed by atoms with Gasteiger partial charge in [-0.1, -0.05) is 18.9 Å². The van der Waals surface area contributed by atoms with E-state index in [1.54, 1.807) is 10.9 Å². The van der Waals surface area contributed by atoms with Gasteiger partial charge in [-0.3, -0.25) is 0 Å². The fraction of sp³-hybridized carbons (Fsp3) is 0.273. The Bertz CT molecular complexity index is 1100. The minimum atomic E-state index is 0.201. The zero-order chi connectivity index (χ0) is 19.6. The summed E-state index contributed by atoms with van der Waals surface area (Å²) < 4.78 is 1.75. The Kier molecular flexibility index (Phi) is 4.65. The smallest absolute Gasteiger partial charge is 0.155 e. The average Bonchev–Trinajstić information content (AvgIpc) is 3.42. The number of rotatable bonds is 5. The van der Waals surface area contributed by atoms with Gasteiger partial charge in [0.05, 0.1) is 5.69 Å². The fourth-order valence-corrected chi connectivity index (χ4v) is 4.07. The van der Waals surface area contributed by atoms with E-state index in [1.165, 1.54) is 12.8 Å². The standard InChI is InChI=1S/C22H25N7/c23-17-5-1-2-6-18(17)26-15-13-19-16(9-11-24-19)20(14-15)27-21-7-3-8-22(28-21)29-12-4-10-25-29/h3-4,7-14,17-18,24,26H,1-2,5-6,23H2,(H,27,28)/t17-,18+/m0/s1. The fourth-order valence-electron chi connectivity index (χ4n) is 4.07.